The number of rotatable bonds is 8. The summed E-state index contributed by atoms with van der Waals surface area (Å²) < 4.78 is 0. The van der Waals surface area contributed by atoms with E-state index in [4.69, 9.17) is 0 Å². The number of nitrogens with one attached hydrogen (secondary N) is 2. The van der Waals surface area contributed by atoms with Gasteiger partial charge >= 0.3 is 0 Å². The highest BCUT2D eigenvalue weighted by atomic mass is 16.2. The molecule has 1 heterocycles. The monoisotopic (exact) mass is 289 g/mol. The molecule has 2 rings (SSSR count). The zero-order chi connectivity index (χ0) is 15.2. The SMILES string of the molecule is CCCCN(CCCC)c1ccc2c(c1)NC(=O)C2NC. The number of amides is 1. The number of fused-ring (bicyclic) bond motifs is 1. The summed E-state index contributed by atoms with van der Waals surface area (Å²) in [4.78, 5) is 14.3. The Balaban J connectivity index is 2.19. The molecule has 1 aromatic carbocycles. The number of anilines is 2. The Labute approximate surface area is 127 Å². The number of carbonyl (C=O) groups excluding carboxylic acids is 1. The summed E-state index contributed by atoms with van der Waals surface area (Å²) in [7, 11) is 1.82. The minimum atomic E-state index is -0.214. The van der Waals surface area contributed by atoms with Crippen LogP contribution in [0.4, 0.5) is 11.4 Å². The molecule has 1 amide bonds. The second kappa shape index (κ2) is 7.46. The van der Waals surface area contributed by atoms with Crippen LogP contribution in [0.15, 0.2) is 18.2 Å². The molecule has 21 heavy (non-hydrogen) atoms. The molecule has 0 bridgehead atoms. The average molecular weight is 289 g/mol. The van der Waals surface area contributed by atoms with E-state index in [0.717, 1.165) is 24.3 Å². The van der Waals surface area contributed by atoms with Crippen molar-refractivity contribution in [2.75, 3.05) is 30.4 Å². The van der Waals surface area contributed by atoms with Gasteiger partial charge in [0.2, 0.25) is 5.91 Å². The number of hydrogen-bond donors (Lipinski definition) is 2. The zero-order valence-corrected chi connectivity index (χ0v) is 13.4. The Morgan fingerprint density at radius 3 is 2.43 bits per heavy atom. The van der Waals surface area contributed by atoms with E-state index in [1.807, 2.05) is 7.05 Å². The van der Waals surface area contributed by atoms with Crippen LogP contribution in [0.3, 0.4) is 0 Å². The van der Waals surface area contributed by atoms with Gasteiger partial charge in [-0.3, -0.25) is 4.79 Å². The Hall–Kier alpha value is -1.55. The second-order valence-electron chi connectivity index (χ2n) is 5.68. The van der Waals surface area contributed by atoms with Gasteiger partial charge in [-0.15, -0.1) is 0 Å². The Morgan fingerprint density at radius 2 is 1.86 bits per heavy atom. The first-order valence-corrected chi connectivity index (χ1v) is 8.08. The lowest BCUT2D eigenvalue weighted by molar-refractivity contribution is -0.117. The summed E-state index contributed by atoms with van der Waals surface area (Å²) in [6.45, 7) is 6.61. The van der Waals surface area contributed by atoms with E-state index < -0.39 is 0 Å². The molecule has 1 aromatic rings. The van der Waals surface area contributed by atoms with Gasteiger partial charge in [-0.2, -0.15) is 0 Å². The lowest BCUT2D eigenvalue weighted by Crippen LogP contribution is -2.25. The van der Waals surface area contributed by atoms with Crippen LogP contribution < -0.4 is 15.5 Å². The number of benzene rings is 1. The van der Waals surface area contributed by atoms with Crippen molar-refractivity contribution in [1.82, 2.24) is 5.32 Å². The van der Waals surface area contributed by atoms with E-state index in [1.165, 1.54) is 31.4 Å². The maximum absolute atomic E-state index is 11.9. The molecule has 0 spiro atoms. The van der Waals surface area contributed by atoms with Crippen molar-refractivity contribution in [2.24, 2.45) is 0 Å². The van der Waals surface area contributed by atoms with Crippen molar-refractivity contribution in [3.8, 4) is 0 Å². The summed E-state index contributed by atoms with van der Waals surface area (Å²) in [5.74, 6) is 0.0401. The molecule has 4 nitrogen and oxygen atoms in total. The molecule has 116 valence electrons. The normalized spacial score (nSPS) is 16.7. The molecule has 1 atom stereocenters. The maximum atomic E-state index is 11.9. The first-order valence-electron chi connectivity index (χ1n) is 8.08. The molecule has 0 aliphatic carbocycles. The van der Waals surface area contributed by atoms with Crippen LogP contribution in [0.5, 0.6) is 0 Å². The molecule has 1 unspecified atom stereocenters. The average Bonchev–Trinajstić information content (AvgIpc) is 2.81. The Bertz CT molecular complexity index is 479. The molecule has 4 heteroatoms. The van der Waals surface area contributed by atoms with Gasteiger partial charge in [0, 0.05) is 30.0 Å². The fraction of sp³-hybridized carbons (Fsp3) is 0.588. The van der Waals surface area contributed by atoms with Crippen LogP contribution in [-0.4, -0.2) is 26.0 Å². The fourth-order valence-electron chi connectivity index (χ4n) is 2.80. The van der Waals surface area contributed by atoms with Crippen molar-refractivity contribution in [2.45, 2.75) is 45.6 Å². The molecule has 0 fully saturated rings. The van der Waals surface area contributed by atoms with E-state index in [0.29, 0.717) is 0 Å². The van der Waals surface area contributed by atoms with Crippen molar-refractivity contribution in [3.63, 3.8) is 0 Å². The van der Waals surface area contributed by atoms with Gasteiger partial charge in [0.15, 0.2) is 0 Å². The van der Waals surface area contributed by atoms with Crippen LogP contribution in [0.1, 0.15) is 51.1 Å². The summed E-state index contributed by atoms with van der Waals surface area (Å²) >= 11 is 0. The highest BCUT2D eigenvalue weighted by Gasteiger charge is 2.29. The van der Waals surface area contributed by atoms with Crippen molar-refractivity contribution in [1.29, 1.82) is 0 Å². The van der Waals surface area contributed by atoms with Crippen molar-refractivity contribution < 1.29 is 4.79 Å². The minimum Gasteiger partial charge on any atom is -0.371 e. The number of unbranched alkanes of at least 4 members (excludes halogenated alkanes) is 2. The molecular weight excluding hydrogens is 262 g/mol. The van der Waals surface area contributed by atoms with Crippen molar-refractivity contribution in [3.05, 3.63) is 23.8 Å². The topological polar surface area (TPSA) is 44.4 Å². The van der Waals surface area contributed by atoms with Gasteiger partial charge in [0.05, 0.1) is 0 Å². The summed E-state index contributed by atoms with van der Waals surface area (Å²) in [5, 5.41) is 6.04. The smallest absolute Gasteiger partial charge is 0.246 e. The van der Waals surface area contributed by atoms with E-state index in [2.05, 4.69) is 47.6 Å². The van der Waals surface area contributed by atoms with Crippen LogP contribution in [0.25, 0.3) is 0 Å². The number of carbonyl (C=O) groups is 1. The van der Waals surface area contributed by atoms with Crippen LogP contribution in [-0.2, 0) is 4.79 Å². The highest BCUT2D eigenvalue weighted by Crippen LogP contribution is 2.34. The summed E-state index contributed by atoms with van der Waals surface area (Å²) in [6.07, 6.45) is 4.80. The fourth-order valence-corrected chi connectivity index (χ4v) is 2.80. The first-order chi connectivity index (χ1) is 10.2. The molecule has 0 radical (unpaired) electrons. The van der Waals surface area contributed by atoms with Crippen LogP contribution >= 0.6 is 0 Å². The van der Waals surface area contributed by atoms with Gasteiger partial charge in [-0.05, 0) is 32.0 Å². The summed E-state index contributed by atoms with van der Waals surface area (Å²) in [5.41, 5.74) is 3.22. The molecule has 1 aliphatic heterocycles. The summed E-state index contributed by atoms with van der Waals surface area (Å²) in [6, 6.07) is 6.13. The van der Waals surface area contributed by atoms with Crippen LogP contribution in [0, 0.1) is 0 Å². The predicted octanol–water partition coefficient (Wildman–Crippen LogP) is 3.31. The van der Waals surface area contributed by atoms with E-state index in [1.54, 1.807) is 0 Å². The van der Waals surface area contributed by atoms with Crippen molar-refractivity contribution >= 4 is 17.3 Å². The van der Waals surface area contributed by atoms with E-state index >= 15 is 0 Å². The number of hydrogen-bond acceptors (Lipinski definition) is 3. The standard InChI is InChI=1S/C17H27N3O/c1-4-6-10-20(11-7-5-2)13-8-9-14-15(12-13)19-17(21)16(14)18-3/h8-9,12,16,18H,4-7,10-11H2,1-3H3,(H,19,21). The van der Waals surface area contributed by atoms with Gasteiger partial charge in [-0.1, -0.05) is 32.8 Å². The van der Waals surface area contributed by atoms with Gasteiger partial charge in [0.1, 0.15) is 6.04 Å². The van der Waals surface area contributed by atoms with Gasteiger partial charge in [0.25, 0.3) is 0 Å². The number of likely N-dealkylation sites (N-methyl/N-ethyl adjacent to an activating group) is 1. The van der Waals surface area contributed by atoms with E-state index in [-0.39, 0.29) is 11.9 Å². The minimum absolute atomic E-state index is 0.0401. The predicted molar refractivity (Wildman–Crippen MR) is 88.9 cm³/mol. The quantitative estimate of drug-likeness (QED) is 0.771. The second-order valence-corrected chi connectivity index (χ2v) is 5.68. The molecule has 0 saturated heterocycles. The van der Waals surface area contributed by atoms with Gasteiger partial charge in [-0.25, -0.2) is 0 Å². The third kappa shape index (κ3) is 3.56. The molecule has 1 aliphatic rings. The zero-order valence-electron chi connectivity index (χ0n) is 13.4. The third-order valence-corrected chi connectivity index (χ3v) is 4.08. The number of nitrogens with zero attached hydrogens (tertiary/aromatic N) is 1. The molecular formula is C17H27N3O. The van der Waals surface area contributed by atoms with Crippen LogP contribution in [0.2, 0.25) is 0 Å². The lowest BCUT2D eigenvalue weighted by Gasteiger charge is -2.25. The molecule has 0 saturated carbocycles. The van der Waals surface area contributed by atoms with E-state index in [9.17, 15) is 4.79 Å². The Morgan fingerprint density at radius 1 is 1.19 bits per heavy atom. The maximum Gasteiger partial charge on any atom is 0.246 e. The third-order valence-electron chi connectivity index (χ3n) is 4.08. The van der Waals surface area contributed by atoms with Gasteiger partial charge < -0.3 is 15.5 Å². The first kappa shape index (κ1) is 15.8. The molecule has 2 N–H and O–H groups in total. The lowest BCUT2D eigenvalue weighted by atomic mass is 10.1. The highest BCUT2D eigenvalue weighted by molar-refractivity contribution is 6.03. The molecule has 0 aromatic heterocycles. The Kier molecular flexibility index (Phi) is 5.62. The largest absolute Gasteiger partial charge is 0.371 e.